The second kappa shape index (κ2) is 4.95. The van der Waals surface area contributed by atoms with Crippen LogP contribution >= 0.6 is 0 Å². The van der Waals surface area contributed by atoms with Crippen molar-refractivity contribution < 1.29 is 4.79 Å². The van der Waals surface area contributed by atoms with E-state index in [2.05, 4.69) is 23.3 Å². The lowest BCUT2D eigenvalue weighted by molar-refractivity contribution is -0.120. The van der Waals surface area contributed by atoms with E-state index in [4.69, 9.17) is 0 Å². The summed E-state index contributed by atoms with van der Waals surface area (Å²) >= 11 is 0. The zero-order chi connectivity index (χ0) is 12.3. The van der Waals surface area contributed by atoms with Crippen molar-refractivity contribution in [1.29, 1.82) is 0 Å². The van der Waals surface area contributed by atoms with Crippen LogP contribution in [0.2, 0.25) is 0 Å². The third kappa shape index (κ3) is 2.81. The van der Waals surface area contributed by atoms with Gasteiger partial charge in [-0.15, -0.1) is 0 Å². The Hall–Kier alpha value is -1.90. The minimum Gasteiger partial charge on any atom is -0.356 e. The van der Waals surface area contributed by atoms with Crippen molar-refractivity contribution in [2.75, 3.05) is 6.54 Å². The molecule has 0 aliphatic carbocycles. The zero-order valence-electron chi connectivity index (χ0n) is 10.2. The lowest BCUT2D eigenvalue weighted by Gasteiger charge is -2.04. The number of hydrogen-bond acceptors (Lipinski definition) is 2. The fourth-order valence-electron chi connectivity index (χ4n) is 1.81. The maximum absolute atomic E-state index is 11.5. The van der Waals surface area contributed by atoms with E-state index in [0.717, 1.165) is 16.6 Å². The first-order valence-electron chi connectivity index (χ1n) is 5.82. The van der Waals surface area contributed by atoms with E-state index in [0.29, 0.717) is 13.0 Å². The molecule has 1 N–H and O–H groups in total. The Morgan fingerprint density at radius 3 is 2.88 bits per heavy atom. The van der Waals surface area contributed by atoms with E-state index in [9.17, 15) is 4.79 Å². The van der Waals surface area contributed by atoms with Crippen LogP contribution in [-0.2, 0) is 11.2 Å². The van der Waals surface area contributed by atoms with Gasteiger partial charge >= 0.3 is 0 Å². The molecule has 17 heavy (non-hydrogen) atoms. The lowest BCUT2D eigenvalue weighted by atomic mass is 10.1. The van der Waals surface area contributed by atoms with Crippen molar-refractivity contribution in [2.24, 2.45) is 0 Å². The zero-order valence-corrected chi connectivity index (χ0v) is 10.2. The molecule has 0 aliphatic heterocycles. The number of pyridine rings is 1. The first kappa shape index (κ1) is 11.6. The molecule has 3 heteroatoms. The summed E-state index contributed by atoms with van der Waals surface area (Å²) in [6.45, 7) is 4.63. The molecule has 2 aromatic rings. The Bertz CT molecular complexity index is 549. The van der Waals surface area contributed by atoms with Gasteiger partial charge < -0.3 is 5.32 Å². The number of amides is 1. The highest BCUT2D eigenvalue weighted by Crippen LogP contribution is 2.14. The molecule has 0 fully saturated rings. The maximum Gasteiger partial charge on any atom is 0.226 e. The van der Waals surface area contributed by atoms with Crippen molar-refractivity contribution in [3.63, 3.8) is 0 Å². The number of nitrogens with zero attached hydrogens (tertiary/aromatic N) is 1. The van der Waals surface area contributed by atoms with Gasteiger partial charge in [-0.3, -0.25) is 9.78 Å². The van der Waals surface area contributed by atoms with E-state index in [1.54, 1.807) is 0 Å². The average Bonchev–Trinajstić information content (AvgIpc) is 2.29. The van der Waals surface area contributed by atoms with Crippen molar-refractivity contribution >= 4 is 16.8 Å². The van der Waals surface area contributed by atoms with Gasteiger partial charge in [0.05, 0.1) is 17.6 Å². The molecule has 3 nitrogen and oxygen atoms in total. The molecule has 1 aromatic heterocycles. The van der Waals surface area contributed by atoms with E-state index in [1.165, 1.54) is 5.56 Å². The minimum atomic E-state index is 0.0199. The normalized spacial score (nSPS) is 10.5. The van der Waals surface area contributed by atoms with Gasteiger partial charge in [-0.25, -0.2) is 0 Å². The van der Waals surface area contributed by atoms with Crippen molar-refractivity contribution in [3.05, 3.63) is 41.6 Å². The molecular weight excluding hydrogens is 212 g/mol. The van der Waals surface area contributed by atoms with E-state index < -0.39 is 0 Å². The third-order valence-corrected chi connectivity index (χ3v) is 2.62. The van der Waals surface area contributed by atoms with Crippen molar-refractivity contribution in [2.45, 2.75) is 20.3 Å². The molecule has 0 saturated heterocycles. The summed E-state index contributed by atoms with van der Waals surface area (Å²) in [5.41, 5.74) is 2.97. The highest BCUT2D eigenvalue weighted by atomic mass is 16.1. The van der Waals surface area contributed by atoms with Gasteiger partial charge in [-0.1, -0.05) is 17.7 Å². The van der Waals surface area contributed by atoms with Crippen molar-refractivity contribution in [1.82, 2.24) is 10.3 Å². The molecule has 0 unspecified atom stereocenters. The molecule has 0 bridgehead atoms. The smallest absolute Gasteiger partial charge is 0.226 e. The summed E-state index contributed by atoms with van der Waals surface area (Å²) in [6.07, 6.45) is 0.345. The van der Waals surface area contributed by atoms with Crippen LogP contribution in [0.1, 0.15) is 18.2 Å². The van der Waals surface area contributed by atoms with E-state index in [-0.39, 0.29) is 5.91 Å². The molecule has 1 amide bonds. The van der Waals surface area contributed by atoms with Crippen LogP contribution < -0.4 is 5.32 Å². The van der Waals surface area contributed by atoms with E-state index in [1.807, 2.05) is 31.2 Å². The number of hydrogen-bond donors (Lipinski definition) is 1. The number of carbonyl (C=O) groups excluding carboxylic acids is 1. The van der Waals surface area contributed by atoms with Gasteiger partial charge in [0.2, 0.25) is 5.91 Å². The standard InChI is InChI=1S/C14H16N2O/c1-3-15-14(17)9-12-6-5-11-8-10(2)4-7-13(11)16-12/h4-8H,3,9H2,1-2H3,(H,15,17). The molecule has 2 rings (SSSR count). The third-order valence-electron chi connectivity index (χ3n) is 2.62. The Morgan fingerprint density at radius 1 is 1.29 bits per heavy atom. The second-order valence-corrected chi connectivity index (χ2v) is 4.13. The molecule has 1 aromatic carbocycles. The fraction of sp³-hybridized carbons (Fsp3) is 0.286. The molecule has 0 spiro atoms. The first-order chi connectivity index (χ1) is 8.19. The quantitative estimate of drug-likeness (QED) is 0.875. The summed E-state index contributed by atoms with van der Waals surface area (Å²) < 4.78 is 0. The van der Waals surface area contributed by atoms with Crippen LogP contribution in [0.3, 0.4) is 0 Å². The summed E-state index contributed by atoms with van der Waals surface area (Å²) in [5.74, 6) is 0.0199. The number of likely N-dealkylation sites (N-methyl/N-ethyl adjacent to an activating group) is 1. The molecule has 0 atom stereocenters. The van der Waals surface area contributed by atoms with Gasteiger partial charge in [0.25, 0.3) is 0 Å². The molecule has 0 aliphatic rings. The monoisotopic (exact) mass is 228 g/mol. The van der Waals surface area contributed by atoms with Gasteiger partial charge in [0, 0.05) is 11.9 Å². The van der Waals surface area contributed by atoms with Gasteiger partial charge in [-0.05, 0) is 32.0 Å². The SMILES string of the molecule is CCNC(=O)Cc1ccc2cc(C)ccc2n1. The number of benzene rings is 1. The molecule has 1 heterocycles. The number of aryl methyl sites for hydroxylation is 1. The van der Waals surface area contributed by atoms with Crippen LogP contribution in [0.25, 0.3) is 10.9 Å². The van der Waals surface area contributed by atoms with Crippen LogP contribution in [0.4, 0.5) is 0 Å². The molecule has 0 saturated carbocycles. The second-order valence-electron chi connectivity index (χ2n) is 4.13. The van der Waals surface area contributed by atoms with Crippen molar-refractivity contribution in [3.8, 4) is 0 Å². The maximum atomic E-state index is 11.5. The highest BCUT2D eigenvalue weighted by molar-refractivity contribution is 5.82. The fourth-order valence-corrected chi connectivity index (χ4v) is 1.81. The Labute approximate surface area is 101 Å². The summed E-state index contributed by atoms with van der Waals surface area (Å²) in [6, 6.07) is 10.1. The summed E-state index contributed by atoms with van der Waals surface area (Å²) in [7, 11) is 0. The number of nitrogens with one attached hydrogen (secondary N) is 1. The summed E-state index contributed by atoms with van der Waals surface area (Å²) in [5, 5.41) is 3.89. The first-order valence-corrected chi connectivity index (χ1v) is 5.82. The van der Waals surface area contributed by atoms with Crippen LogP contribution in [0.5, 0.6) is 0 Å². The van der Waals surface area contributed by atoms with Crippen LogP contribution in [0, 0.1) is 6.92 Å². The lowest BCUT2D eigenvalue weighted by Crippen LogP contribution is -2.24. The Kier molecular flexibility index (Phi) is 3.38. The average molecular weight is 228 g/mol. The predicted octanol–water partition coefficient (Wildman–Crippen LogP) is 2.22. The molecule has 0 radical (unpaired) electrons. The van der Waals surface area contributed by atoms with Crippen LogP contribution in [0.15, 0.2) is 30.3 Å². The van der Waals surface area contributed by atoms with Crippen LogP contribution in [-0.4, -0.2) is 17.4 Å². The Balaban J connectivity index is 2.26. The summed E-state index contributed by atoms with van der Waals surface area (Å²) in [4.78, 5) is 15.9. The molecule has 88 valence electrons. The van der Waals surface area contributed by atoms with Gasteiger partial charge in [0.1, 0.15) is 0 Å². The topological polar surface area (TPSA) is 42.0 Å². The van der Waals surface area contributed by atoms with E-state index >= 15 is 0 Å². The number of carbonyl (C=O) groups is 1. The van der Waals surface area contributed by atoms with Gasteiger partial charge in [0.15, 0.2) is 0 Å². The number of fused-ring (bicyclic) bond motifs is 1. The largest absolute Gasteiger partial charge is 0.356 e. The van der Waals surface area contributed by atoms with Gasteiger partial charge in [-0.2, -0.15) is 0 Å². The minimum absolute atomic E-state index is 0.0199. The number of aromatic nitrogens is 1. The number of rotatable bonds is 3. The predicted molar refractivity (Wildman–Crippen MR) is 68.9 cm³/mol. The molecular formula is C14H16N2O. The highest BCUT2D eigenvalue weighted by Gasteiger charge is 2.04. The Morgan fingerprint density at radius 2 is 2.12 bits per heavy atom.